The molecule has 2 aromatic carbocycles. The SMILES string of the molecule is CC(C)OCCN1C(=O)C(c2ccccc2)=C(N2CCCc3ccccc32)C1=O. The number of amides is 2. The summed E-state index contributed by atoms with van der Waals surface area (Å²) in [4.78, 5) is 30.1. The lowest BCUT2D eigenvalue weighted by molar-refractivity contribution is -0.138. The molecule has 2 amide bonds. The molecule has 29 heavy (non-hydrogen) atoms. The van der Waals surface area contributed by atoms with Gasteiger partial charge in [-0.2, -0.15) is 0 Å². The summed E-state index contributed by atoms with van der Waals surface area (Å²) in [5, 5.41) is 0. The Labute approximate surface area is 171 Å². The van der Waals surface area contributed by atoms with E-state index in [4.69, 9.17) is 4.74 Å². The van der Waals surface area contributed by atoms with Crippen molar-refractivity contribution in [3.8, 4) is 0 Å². The van der Waals surface area contributed by atoms with Crippen molar-refractivity contribution in [2.75, 3.05) is 24.6 Å². The Bertz CT molecular complexity index is 950. The summed E-state index contributed by atoms with van der Waals surface area (Å²) in [6.45, 7) is 5.19. The van der Waals surface area contributed by atoms with Crippen molar-refractivity contribution in [1.29, 1.82) is 0 Å². The smallest absolute Gasteiger partial charge is 0.278 e. The molecule has 0 atom stereocenters. The first kappa shape index (κ1) is 19.4. The van der Waals surface area contributed by atoms with Crippen LogP contribution >= 0.6 is 0 Å². The van der Waals surface area contributed by atoms with Gasteiger partial charge in [0, 0.05) is 12.2 Å². The highest BCUT2D eigenvalue weighted by atomic mass is 16.5. The Morgan fingerprint density at radius 1 is 0.966 bits per heavy atom. The predicted octanol–water partition coefficient (Wildman–Crippen LogP) is 3.64. The molecule has 2 aliphatic heterocycles. The van der Waals surface area contributed by atoms with Crippen LogP contribution in [0.15, 0.2) is 60.3 Å². The average molecular weight is 390 g/mol. The molecule has 0 saturated heterocycles. The van der Waals surface area contributed by atoms with Crippen LogP contribution < -0.4 is 4.90 Å². The van der Waals surface area contributed by atoms with Crippen LogP contribution in [0.1, 0.15) is 31.4 Å². The zero-order valence-electron chi connectivity index (χ0n) is 16.9. The van der Waals surface area contributed by atoms with Gasteiger partial charge in [-0.3, -0.25) is 14.5 Å². The lowest BCUT2D eigenvalue weighted by Crippen LogP contribution is -2.39. The number of fused-ring (bicyclic) bond motifs is 1. The predicted molar refractivity (Wildman–Crippen MR) is 113 cm³/mol. The van der Waals surface area contributed by atoms with Crippen LogP contribution in [0.25, 0.3) is 5.57 Å². The second kappa shape index (κ2) is 8.21. The summed E-state index contributed by atoms with van der Waals surface area (Å²) < 4.78 is 5.60. The molecule has 2 aliphatic rings. The third-order valence-electron chi connectivity index (χ3n) is 5.35. The van der Waals surface area contributed by atoms with Crippen LogP contribution in [0, 0.1) is 0 Å². The van der Waals surface area contributed by atoms with Gasteiger partial charge in [0.1, 0.15) is 5.70 Å². The molecule has 150 valence electrons. The van der Waals surface area contributed by atoms with E-state index in [1.54, 1.807) is 0 Å². The molecule has 0 bridgehead atoms. The summed E-state index contributed by atoms with van der Waals surface area (Å²) in [5.41, 5.74) is 3.97. The van der Waals surface area contributed by atoms with Gasteiger partial charge in [-0.15, -0.1) is 0 Å². The van der Waals surface area contributed by atoms with Crippen LogP contribution in [0.3, 0.4) is 0 Å². The fraction of sp³-hybridized carbons (Fsp3) is 0.333. The zero-order valence-corrected chi connectivity index (χ0v) is 16.9. The summed E-state index contributed by atoms with van der Waals surface area (Å²) >= 11 is 0. The van der Waals surface area contributed by atoms with Gasteiger partial charge in [0.15, 0.2) is 0 Å². The molecule has 0 fully saturated rings. The highest BCUT2D eigenvalue weighted by Crippen LogP contribution is 2.37. The first-order valence-electron chi connectivity index (χ1n) is 10.2. The average Bonchev–Trinajstić information content (AvgIpc) is 2.98. The molecule has 0 spiro atoms. The summed E-state index contributed by atoms with van der Waals surface area (Å²) in [5.74, 6) is -0.482. The number of imide groups is 1. The van der Waals surface area contributed by atoms with Crippen LogP contribution in [0.4, 0.5) is 5.69 Å². The number of anilines is 1. The number of ether oxygens (including phenoxy) is 1. The molecule has 0 radical (unpaired) electrons. The van der Waals surface area contributed by atoms with Gasteiger partial charge in [-0.05, 0) is 43.9 Å². The first-order valence-corrected chi connectivity index (χ1v) is 10.2. The fourth-order valence-electron chi connectivity index (χ4n) is 4.03. The van der Waals surface area contributed by atoms with Crippen molar-refractivity contribution in [1.82, 2.24) is 4.90 Å². The van der Waals surface area contributed by atoms with E-state index < -0.39 is 0 Å². The molecular formula is C24H26N2O3. The number of hydrogen-bond acceptors (Lipinski definition) is 4. The first-order chi connectivity index (χ1) is 14.1. The van der Waals surface area contributed by atoms with Gasteiger partial charge >= 0.3 is 0 Å². The van der Waals surface area contributed by atoms with Gasteiger partial charge in [-0.25, -0.2) is 0 Å². The molecule has 0 N–H and O–H groups in total. The van der Waals surface area contributed by atoms with Crippen LogP contribution in [-0.2, 0) is 20.7 Å². The number of benzene rings is 2. The van der Waals surface area contributed by atoms with E-state index in [0.29, 0.717) is 17.9 Å². The number of nitrogens with zero attached hydrogens (tertiary/aromatic N) is 2. The molecule has 0 saturated carbocycles. The molecule has 2 aromatic rings. The Kier molecular flexibility index (Phi) is 5.49. The second-order valence-corrected chi connectivity index (χ2v) is 7.66. The van der Waals surface area contributed by atoms with Crippen LogP contribution in [0.5, 0.6) is 0 Å². The van der Waals surface area contributed by atoms with E-state index in [1.807, 2.05) is 67.3 Å². The summed E-state index contributed by atoms with van der Waals surface area (Å²) in [6, 6.07) is 17.6. The van der Waals surface area contributed by atoms with Gasteiger partial charge in [0.05, 0.1) is 24.8 Å². The molecule has 5 heteroatoms. The second-order valence-electron chi connectivity index (χ2n) is 7.66. The van der Waals surface area contributed by atoms with Gasteiger partial charge < -0.3 is 9.64 Å². The van der Waals surface area contributed by atoms with E-state index >= 15 is 0 Å². The van der Waals surface area contributed by atoms with Crippen molar-refractivity contribution in [3.63, 3.8) is 0 Å². The lowest BCUT2D eigenvalue weighted by atomic mass is 9.98. The molecule has 0 unspecified atom stereocenters. The maximum Gasteiger partial charge on any atom is 0.278 e. The van der Waals surface area contributed by atoms with Crippen molar-refractivity contribution < 1.29 is 14.3 Å². The Morgan fingerprint density at radius 2 is 1.69 bits per heavy atom. The van der Waals surface area contributed by atoms with Crippen LogP contribution in [-0.4, -0.2) is 42.5 Å². The number of rotatable bonds is 6. The van der Waals surface area contributed by atoms with Crippen LogP contribution in [0.2, 0.25) is 0 Å². The maximum absolute atomic E-state index is 13.4. The Balaban J connectivity index is 1.76. The number of para-hydroxylation sites is 1. The van der Waals surface area contributed by atoms with Crippen molar-refractivity contribution in [2.24, 2.45) is 0 Å². The van der Waals surface area contributed by atoms with E-state index in [2.05, 4.69) is 6.07 Å². The zero-order chi connectivity index (χ0) is 20.4. The monoisotopic (exact) mass is 390 g/mol. The summed E-state index contributed by atoms with van der Waals surface area (Å²) in [6.07, 6.45) is 1.98. The summed E-state index contributed by atoms with van der Waals surface area (Å²) in [7, 11) is 0. The normalized spacial score (nSPS) is 16.8. The lowest BCUT2D eigenvalue weighted by Gasteiger charge is -2.32. The quantitative estimate of drug-likeness (QED) is 0.707. The number of aryl methyl sites for hydroxylation is 1. The number of carbonyl (C=O) groups is 2. The number of hydrogen-bond donors (Lipinski definition) is 0. The van der Waals surface area contributed by atoms with Crippen molar-refractivity contribution in [3.05, 3.63) is 71.4 Å². The largest absolute Gasteiger partial charge is 0.377 e. The van der Waals surface area contributed by atoms with Gasteiger partial charge in [0.2, 0.25) is 0 Å². The van der Waals surface area contributed by atoms with Crippen molar-refractivity contribution >= 4 is 23.1 Å². The Morgan fingerprint density at radius 3 is 2.45 bits per heavy atom. The molecular weight excluding hydrogens is 364 g/mol. The van der Waals surface area contributed by atoms with E-state index in [-0.39, 0.29) is 24.5 Å². The minimum atomic E-state index is -0.244. The maximum atomic E-state index is 13.4. The molecule has 0 aliphatic carbocycles. The molecule has 2 heterocycles. The molecule has 4 rings (SSSR count). The van der Waals surface area contributed by atoms with Gasteiger partial charge in [0.25, 0.3) is 11.8 Å². The van der Waals surface area contributed by atoms with Gasteiger partial charge in [-0.1, -0.05) is 48.5 Å². The topological polar surface area (TPSA) is 49.9 Å². The fourth-order valence-corrected chi connectivity index (χ4v) is 4.03. The highest BCUT2D eigenvalue weighted by Gasteiger charge is 2.42. The van der Waals surface area contributed by atoms with Crippen molar-refractivity contribution in [2.45, 2.75) is 32.8 Å². The van der Waals surface area contributed by atoms with E-state index in [9.17, 15) is 9.59 Å². The third-order valence-corrected chi connectivity index (χ3v) is 5.35. The minimum Gasteiger partial charge on any atom is -0.377 e. The Hall–Kier alpha value is -2.92. The van der Waals surface area contributed by atoms with E-state index in [0.717, 1.165) is 30.6 Å². The minimum absolute atomic E-state index is 0.0535. The highest BCUT2D eigenvalue weighted by molar-refractivity contribution is 6.36. The standard InChI is InChI=1S/C24H26N2O3/c1-17(2)29-16-15-26-23(27)21(19-10-4-3-5-11-19)22(24(26)28)25-14-8-12-18-9-6-7-13-20(18)25/h3-7,9-11,13,17H,8,12,14-16H2,1-2H3. The van der Waals surface area contributed by atoms with E-state index in [1.165, 1.54) is 10.5 Å². The third kappa shape index (κ3) is 3.70. The molecule has 5 nitrogen and oxygen atoms in total. The number of carbonyl (C=O) groups excluding carboxylic acids is 2. The molecule has 0 aromatic heterocycles.